The van der Waals surface area contributed by atoms with Gasteiger partial charge >= 0.3 is 0 Å². The maximum absolute atomic E-state index is 14.1. The van der Waals surface area contributed by atoms with Crippen molar-refractivity contribution in [2.75, 3.05) is 6.26 Å². The first-order valence-corrected chi connectivity index (χ1v) is 15.0. The molecule has 1 heterocycles. The molecule has 0 atom stereocenters. The molecule has 1 amide bonds. The molecule has 36 heavy (non-hydrogen) atoms. The third kappa shape index (κ3) is 4.40. The summed E-state index contributed by atoms with van der Waals surface area (Å²) in [5.41, 5.74) is 0.572. The van der Waals surface area contributed by atoms with Crippen molar-refractivity contribution in [3.8, 4) is 0 Å². The van der Waals surface area contributed by atoms with E-state index in [1.165, 1.54) is 11.8 Å². The highest BCUT2D eigenvalue weighted by Crippen LogP contribution is 2.48. The summed E-state index contributed by atoms with van der Waals surface area (Å²) >= 11 is 14.0. The predicted octanol–water partition coefficient (Wildman–Crippen LogP) is 6.21. The fourth-order valence-corrected chi connectivity index (χ4v) is 10.3. The molecule has 0 saturated carbocycles. The Kier molecular flexibility index (Phi) is 7.32. The number of hydrogen-bond acceptors (Lipinski definition) is 3. The lowest BCUT2D eigenvalue weighted by Gasteiger charge is -2.32. The Balaban J connectivity index is 1.91. The number of rotatable bonds is 4. The van der Waals surface area contributed by atoms with Crippen LogP contribution in [0.5, 0.6) is 0 Å². The number of carbonyl (C=O) groups is 1. The molecule has 7 heteroatoms. The van der Waals surface area contributed by atoms with Gasteiger partial charge in [-0.25, -0.2) is 4.99 Å². The van der Waals surface area contributed by atoms with Crippen LogP contribution in [0.4, 0.5) is 0 Å². The van der Waals surface area contributed by atoms with E-state index in [0.29, 0.717) is 31.8 Å². The van der Waals surface area contributed by atoms with Gasteiger partial charge in [-0.1, -0.05) is 114 Å². The zero-order valence-electron chi connectivity index (χ0n) is 19.3. The van der Waals surface area contributed by atoms with Crippen molar-refractivity contribution in [1.29, 1.82) is 0 Å². The van der Waals surface area contributed by atoms with Gasteiger partial charge < -0.3 is 0 Å². The monoisotopic (exact) mass is 546 g/mol. The summed E-state index contributed by atoms with van der Waals surface area (Å²) in [6, 6.07) is 35.8. The average Bonchev–Trinajstić information content (AvgIpc) is 2.91. The zero-order valence-corrected chi connectivity index (χ0v) is 22.5. The van der Waals surface area contributed by atoms with Crippen molar-refractivity contribution in [3.05, 3.63) is 125 Å². The third-order valence-corrected chi connectivity index (χ3v) is 11.6. The molecule has 1 aliphatic heterocycles. The summed E-state index contributed by atoms with van der Waals surface area (Å²) < 4.78 is 0. The minimum absolute atomic E-state index is 0.294. The quantitative estimate of drug-likeness (QED) is 0.285. The second-order valence-corrected chi connectivity index (χ2v) is 13.0. The van der Waals surface area contributed by atoms with Gasteiger partial charge in [0.1, 0.15) is 5.04 Å². The Hall–Kier alpha value is -2.88. The van der Waals surface area contributed by atoms with Gasteiger partial charge in [0, 0.05) is 10.6 Å². The number of nitrogens with zero attached hydrogens (tertiary/aromatic N) is 2. The highest BCUT2D eigenvalue weighted by atomic mass is 35.5. The minimum Gasteiger partial charge on any atom is -0.267 e. The topological polar surface area (TPSA) is 41.8 Å². The maximum atomic E-state index is 14.1. The molecule has 0 spiro atoms. The Morgan fingerprint density at radius 1 is 0.694 bits per heavy atom. The first-order chi connectivity index (χ1) is 17.6. The summed E-state index contributed by atoms with van der Waals surface area (Å²) in [7, 11) is 0. The van der Waals surface area contributed by atoms with Gasteiger partial charge in [0.15, 0.2) is 5.84 Å². The molecule has 5 rings (SSSR count). The number of hydrogen-bond donors (Lipinski definition) is 0. The van der Waals surface area contributed by atoms with Crippen molar-refractivity contribution in [1.82, 2.24) is 0 Å². The molecule has 0 unspecified atom stereocenters. The fourth-order valence-electron chi connectivity index (χ4n) is 4.42. The van der Waals surface area contributed by atoms with Crippen LogP contribution in [0.25, 0.3) is 0 Å². The van der Waals surface area contributed by atoms with E-state index in [1.807, 2.05) is 60.9 Å². The van der Waals surface area contributed by atoms with Crippen LogP contribution in [0.2, 0.25) is 10.0 Å². The van der Waals surface area contributed by atoms with Crippen molar-refractivity contribution in [2.24, 2.45) is 9.98 Å². The predicted molar refractivity (Wildman–Crippen MR) is 159 cm³/mol. The van der Waals surface area contributed by atoms with E-state index in [1.54, 1.807) is 18.2 Å². The van der Waals surface area contributed by atoms with E-state index < -0.39 is 6.89 Å². The van der Waals surface area contributed by atoms with Crippen LogP contribution in [-0.2, 0) is 4.79 Å². The Morgan fingerprint density at radius 2 is 1.19 bits per heavy atom. The first kappa shape index (κ1) is 24.8. The molecule has 3 nitrogen and oxygen atoms in total. The lowest BCUT2D eigenvalue weighted by Crippen LogP contribution is -2.38. The van der Waals surface area contributed by atoms with E-state index >= 15 is 0 Å². The molecule has 0 bridgehead atoms. The van der Waals surface area contributed by atoms with Gasteiger partial charge in [-0.15, -0.1) is 11.8 Å². The first-order valence-electron chi connectivity index (χ1n) is 11.2. The molecule has 4 aromatic rings. The van der Waals surface area contributed by atoms with E-state index in [9.17, 15) is 4.79 Å². The molecular formula is C29H21Cl2N2OPS. The number of halogens is 2. The van der Waals surface area contributed by atoms with Crippen LogP contribution in [0.1, 0.15) is 5.56 Å². The maximum Gasteiger partial charge on any atom is 0.282 e. The van der Waals surface area contributed by atoms with Crippen LogP contribution in [0, 0.1) is 0 Å². The van der Waals surface area contributed by atoms with Gasteiger partial charge in [-0.3, -0.25) is 4.79 Å². The number of carbonyl (C=O) groups excluding carboxylic acids is 1. The van der Waals surface area contributed by atoms with E-state index in [-0.39, 0.29) is 5.91 Å². The standard InChI is InChI=1S/C29H21Cl2N2OPS/c1-36-29-26(28(34)32-27(33-29)24-18-17-20(30)19-25(24)31)35(21-11-5-2-6-12-21,22-13-7-3-8-14-22)23-15-9-4-10-16-23/h2-19H,1H3. The van der Waals surface area contributed by atoms with Gasteiger partial charge in [0.2, 0.25) is 0 Å². The Labute approximate surface area is 224 Å². The molecule has 0 N–H and O–H groups in total. The lowest BCUT2D eigenvalue weighted by molar-refractivity contribution is -0.111. The fraction of sp³-hybridized carbons (Fsp3) is 0.0345. The molecule has 4 aromatic carbocycles. The second kappa shape index (κ2) is 10.6. The van der Waals surface area contributed by atoms with Crippen LogP contribution in [0.15, 0.2) is 119 Å². The van der Waals surface area contributed by atoms with Crippen LogP contribution < -0.4 is 15.9 Å². The molecule has 0 radical (unpaired) electrons. The van der Waals surface area contributed by atoms with Crippen molar-refractivity contribution >= 4 is 79.8 Å². The molecular weight excluding hydrogens is 526 g/mol. The number of benzene rings is 4. The van der Waals surface area contributed by atoms with Gasteiger partial charge in [0.05, 0.1) is 10.3 Å². The van der Waals surface area contributed by atoms with Crippen LogP contribution >= 0.6 is 41.8 Å². The van der Waals surface area contributed by atoms with E-state index in [4.69, 9.17) is 28.2 Å². The van der Waals surface area contributed by atoms with Gasteiger partial charge in [-0.05, 0) is 47.3 Å². The SMILES string of the molecule is CSC1=NC(c2ccc(Cl)cc2Cl)=NC(=O)C1=P(c1ccccc1)(c1ccccc1)c1ccccc1. The molecule has 1 aliphatic rings. The average molecular weight is 547 g/mol. The minimum atomic E-state index is -2.64. The Morgan fingerprint density at radius 3 is 1.64 bits per heavy atom. The molecule has 0 aromatic heterocycles. The summed E-state index contributed by atoms with van der Waals surface area (Å²) in [5, 5.41) is 5.36. The zero-order chi connectivity index (χ0) is 25.1. The normalized spacial score (nSPS) is 13.9. The molecule has 0 saturated heterocycles. The summed E-state index contributed by atoms with van der Waals surface area (Å²) in [6.45, 7) is -2.64. The number of amides is 1. The van der Waals surface area contributed by atoms with Gasteiger partial charge in [-0.2, -0.15) is 4.99 Å². The largest absolute Gasteiger partial charge is 0.282 e. The van der Waals surface area contributed by atoms with Crippen LogP contribution in [-0.4, -0.2) is 28.3 Å². The highest BCUT2D eigenvalue weighted by molar-refractivity contribution is 8.18. The van der Waals surface area contributed by atoms with Crippen LogP contribution in [0.3, 0.4) is 0 Å². The Bertz CT molecular complexity index is 1450. The number of thioether (sulfide) groups is 1. The molecule has 0 aliphatic carbocycles. The second-order valence-electron chi connectivity index (χ2n) is 8.01. The smallest absolute Gasteiger partial charge is 0.267 e. The molecule has 178 valence electrons. The van der Waals surface area contributed by atoms with E-state index in [0.717, 1.165) is 15.9 Å². The molecule has 0 fully saturated rings. The summed E-state index contributed by atoms with van der Waals surface area (Å²) in [4.78, 5) is 23.5. The number of aliphatic imine (C=N–C) groups is 2. The van der Waals surface area contributed by atoms with Gasteiger partial charge in [0.25, 0.3) is 5.91 Å². The van der Waals surface area contributed by atoms with E-state index in [2.05, 4.69) is 41.4 Å². The summed E-state index contributed by atoms with van der Waals surface area (Å²) in [5.74, 6) is -0.0117. The highest BCUT2D eigenvalue weighted by Gasteiger charge is 2.37. The number of amidine groups is 1. The van der Waals surface area contributed by atoms with Crippen molar-refractivity contribution in [2.45, 2.75) is 0 Å². The third-order valence-electron chi connectivity index (χ3n) is 5.95. The van der Waals surface area contributed by atoms with Crippen molar-refractivity contribution < 1.29 is 4.79 Å². The lowest BCUT2D eigenvalue weighted by atomic mass is 10.2. The summed E-state index contributed by atoms with van der Waals surface area (Å²) in [6.07, 6.45) is 1.94. The van der Waals surface area contributed by atoms with Crippen molar-refractivity contribution in [3.63, 3.8) is 0 Å².